The van der Waals surface area contributed by atoms with Crippen LogP contribution in [0.15, 0.2) is 90.4 Å². The number of pyridine rings is 2. The first-order valence-electron chi connectivity index (χ1n) is 11.4. The first-order chi connectivity index (χ1) is 17.5. The second kappa shape index (κ2) is 11.7. The number of aromatic nitrogens is 2. The highest BCUT2D eigenvalue weighted by Gasteiger charge is 2.15. The van der Waals surface area contributed by atoms with E-state index in [0.717, 1.165) is 16.8 Å². The maximum absolute atomic E-state index is 12.2. The van der Waals surface area contributed by atoms with E-state index in [0.29, 0.717) is 36.3 Å². The molecule has 0 bridgehead atoms. The molecule has 2 heterocycles. The molecule has 8 nitrogen and oxygen atoms in total. The van der Waals surface area contributed by atoms with Gasteiger partial charge in [-0.1, -0.05) is 30.3 Å². The van der Waals surface area contributed by atoms with Crippen molar-refractivity contribution in [2.24, 2.45) is 5.10 Å². The summed E-state index contributed by atoms with van der Waals surface area (Å²) in [5, 5.41) is 25.4. The lowest BCUT2D eigenvalue weighted by Gasteiger charge is -2.24. The van der Waals surface area contributed by atoms with Crippen LogP contribution < -0.4 is 5.43 Å². The van der Waals surface area contributed by atoms with E-state index in [1.807, 2.05) is 43.3 Å². The third-order valence-electron chi connectivity index (χ3n) is 5.57. The molecule has 0 saturated heterocycles. The molecule has 2 aromatic heterocycles. The van der Waals surface area contributed by atoms with Gasteiger partial charge >= 0.3 is 0 Å². The Morgan fingerprint density at radius 3 is 2.44 bits per heavy atom. The predicted molar refractivity (Wildman–Crippen MR) is 137 cm³/mol. The maximum atomic E-state index is 12.2. The van der Waals surface area contributed by atoms with Gasteiger partial charge in [0, 0.05) is 60.5 Å². The summed E-state index contributed by atoms with van der Waals surface area (Å²) in [4.78, 5) is 22.6. The molecule has 0 aliphatic rings. The number of amides is 1. The Bertz CT molecular complexity index is 1340. The molecule has 4 rings (SSSR count). The summed E-state index contributed by atoms with van der Waals surface area (Å²) in [6, 6.07) is 19.8. The number of carbonyl (C=O) groups excluding carboxylic acids is 1. The Hall–Kier alpha value is -4.56. The molecule has 1 amide bonds. The summed E-state index contributed by atoms with van der Waals surface area (Å²) in [6.45, 7) is 3.32. The number of hydrogen-bond donors (Lipinski definition) is 3. The van der Waals surface area contributed by atoms with Crippen molar-refractivity contribution in [2.75, 3.05) is 0 Å². The van der Waals surface area contributed by atoms with Gasteiger partial charge in [0.15, 0.2) is 0 Å². The molecular formula is C28H27N5O3. The molecule has 4 aromatic rings. The highest BCUT2D eigenvalue weighted by Crippen LogP contribution is 2.27. The van der Waals surface area contributed by atoms with Crippen molar-refractivity contribution in [2.45, 2.75) is 26.6 Å². The summed E-state index contributed by atoms with van der Waals surface area (Å²) >= 11 is 0. The van der Waals surface area contributed by atoms with Gasteiger partial charge in [0.2, 0.25) is 0 Å². The van der Waals surface area contributed by atoms with Crippen LogP contribution in [-0.2, 0) is 19.6 Å². The zero-order valence-electron chi connectivity index (χ0n) is 19.9. The maximum Gasteiger partial charge on any atom is 0.271 e. The van der Waals surface area contributed by atoms with Crippen LogP contribution in [0.5, 0.6) is 11.5 Å². The molecule has 3 N–H and O–H groups in total. The number of hydrogen-bond acceptors (Lipinski definition) is 7. The van der Waals surface area contributed by atoms with E-state index in [1.54, 1.807) is 36.5 Å². The molecular weight excluding hydrogens is 454 g/mol. The summed E-state index contributed by atoms with van der Waals surface area (Å²) in [6.07, 6.45) is 6.23. The highest BCUT2D eigenvalue weighted by molar-refractivity contribution is 5.95. The van der Waals surface area contributed by atoms with Crippen LogP contribution in [0.1, 0.15) is 38.3 Å². The fourth-order valence-corrected chi connectivity index (χ4v) is 3.85. The van der Waals surface area contributed by atoms with Gasteiger partial charge in [-0.15, -0.1) is 0 Å². The van der Waals surface area contributed by atoms with E-state index in [-0.39, 0.29) is 17.4 Å². The third kappa shape index (κ3) is 6.52. The molecule has 182 valence electrons. The van der Waals surface area contributed by atoms with E-state index >= 15 is 0 Å². The number of aromatic hydroxyl groups is 2. The number of carbonyl (C=O) groups is 1. The minimum absolute atomic E-state index is 0.0748. The minimum Gasteiger partial charge on any atom is -0.508 e. The van der Waals surface area contributed by atoms with Crippen LogP contribution in [0.2, 0.25) is 0 Å². The van der Waals surface area contributed by atoms with Crippen molar-refractivity contribution in [3.63, 3.8) is 0 Å². The SMILES string of the molecule is Cc1cc(C=NNC(=O)c2ccncc2)c(O)c(CN(Cc2ccccn2)Cc2ccccc2O)c1. The minimum atomic E-state index is -0.370. The highest BCUT2D eigenvalue weighted by atomic mass is 16.3. The second-order valence-electron chi connectivity index (χ2n) is 8.39. The van der Waals surface area contributed by atoms with Gasteiger partial charge in [-0.3, -0.25) is 19.7 Å². The monoisotopic (exact) mass is 481 g/mol. The zero-order chi connectivity index (χ0) is 25.3. The van der Waals surface area contributed by atoms with Crippen LogP contribution in [0.3, 0.4) is 0 Å². The normalized spacial score (nSPS) is 11.2. The molecule has 0 aliphatic carbocycles. The number of hydrazone groups is 1. The molecule has 2 aromatic carbocycles. The summed E-state index contributed by atoms with van der Waals surface area (Å²) in [7, 11) is 0. The molecule has 8 heteroatoms. The van der Waals surface area contributed by atoms with Gasteiger partial charge in [-0.25, -0.2) is 5.43 Å². The zero-order valence-corrected chi connectivity index (χ0v) is 19.9. The second-order valence-corrected chi connectivity index (χ2v) is 8.39. The van der Waals surface area contributed by atoms with Gasteiger partial charge in [-0.05, 0) is 48.9 Å². The largest absolute Gasteiger partial charge is 0.508 e. The first kappa shape index (κ1) is 24.6. The lowest BCUT2D eigenvalue weighted by atomic mass is 10.0. The topological polar surface area (TPSA) is 111 Å². The lowest BCUT2D eigenvalue weighted by molar-refractivity contribution is 0.0955. The predicted octanol–water partition coefficient (Wildman–Crippen LogP) is 4.16. The van der Waals surface area contributed by atoms with E-state index in [4.69, 9.17) is 0 Å². The lowest BCUT2D eigenvalue weighted by Crippen LogP contribution is -2.23. The number of nitrogens with one attached hydrogen (secondary N) is 1. The van der Waals surface area contributed by atoms with Crippen molar-refractivity contribution >= 4 is 12.1 Å². The Morgan fingerprint density at radius 1 is 0.944 bits per heavy atom. The molecule has 0 saturated carbocycles. The number of aryl methyl sites for hydroxylation is 1. The molecule has 0 atom stereocenters. The van der Waals surface area contributed by atoms with Crippen LogP contribution in [-0.4, -0.2) is 37.2 Å². The number of phenolic OH excluding ortho intramolecular Hbond substituents is 2. The Morgan fingerprint density at radius 2 is 1.69 bits per heavy atom. The molecule has 0 spiro atoms. The van der Waals surface area contributed by atoms with Crippen molar-refractivity contribution in [1.82, 2.24) is 20.3 Å². The van der Waals surface area contributed by atoms with Crippen LogP contribution in [0.4, 0.5) is 0 Å². The number of para-hydroxylation sites is 1. The van der Waals surface area contributed by atoms with Crippen LogP contribution in [0, 0.1) is 6.92 Å². The van der Waals surface area contributed by atoms with E-state index in [9.17, 15) is 15.0 Å². The van der Waals surface area contributed by atoms with E-state index in [1.165, 1.54) is 18.6 Å². The molecule has 0 aliphatic heterocycles. The fourth-order valence-electron chi connectivity index (χ4n) is 3.85. The number of nitrogens with zero attached hydrogens (tertiary/aromatic N) is 4. The van der Waals surface area contributed by atoms with Gasteiger partial charge in [0.1, 0.15) is 11.5 Å². The summed E-state index contributed by atoms with van der Waals surface area (Å²) in [5.41, 5.74) is 6.68. The first-order valence-corrected chi connectivity index (χ1v) is 11.4. The van der Waals surface area contributed by atoms with Crippen molar-refractivity contribution in [1.29, 1.82) is 0 Å². The quantitative estimate of drug-likeness (QED) is 0.245. The molecule has 0 unspecified atom stereocenters. The summed E-state index contributed by atoms with van der Waals surface area (Å²) < 4.78 is 0. The van der Waals surface area contributed by atoms with Gasteiger partial charge in [0.25, 0.3) is 5.91 Å². The van der Waals surface area contributed by atoms with Gasteiger partial charge < -0.3 is 10.2 Å². The van der Waals surface area contributed by atoms with Crippen molar-refractivity contribution < 1.29 is 15.0 Å². The third-order valence-corrected chi connectivity index (χ3v) is 5.57. The number of phenols is 2. The molecule has 0 fully saturated rings. The standard InChI is InChI=1S/C28H27N5O3/c1-20-14-23(16-31-32-28(36)21-9-12-29-13-10-21)27(35)24(15-20)18-33(19-25-7-4-5-11-30-25)17-22-6-2-3-8-26(22)34/h2-16,34-35H,17-19H2,1H3,(H,32,36). The van der Waals surface area contributed by atoms with Crippen LogP contribution in [0.25, 0.3) is 0 Å². The van der Waals surface area contributed by atoms with Crippen LogP contribution >= 0.6 is 0 Å². The van der Waals surface area contributed by atoms with E-state index in [2.05, 4.69) is 25.4 Å². The molecule has 36 heavy (non-hydrogen) atoms. The number of benzene rings is 2. The smallest absolute Gasteiger partial charge is 0.271 e. The van der Waals surface area contributed by atoms with E-state index < -0.39 is 0 Å². The summed E-state index contributed by atoms with van der Waals surface area (Å²) in [5.74, 6) is -0.0780. The molecule has 0 radical (unpaired) electrons. The Kier molecular flexibility index (Phi) is 8.00. The Labute approximate surface area is 209 Å². The number of rotatable bonds is 9. The van der Waals surface area contributed by atoms with Gasteiger partial charge in [0.05, 0.1) is 11.9 Å². The van der Waals surface area contributed by atoms with Crippen molar-refractivity contribution in [3.05, 3.63) is 119 Å². The van der Waals surface area contributed by atoms with Gasteiger partial charge in [-0.2, -0.15) is 5.10 Å². The van der Waals surface area contributed by atoms with Crippen molar-refractivity contribution in [3.8, 4) is 11.5 Å². The average molecular weight is 482 g/mol. The average Bonchev–Trinajstić information content (AvgIpc) is 2.89. The fraction of sp³-hybridized carbons (Fsp3) is 0.143. The Balaban J connectivity index is 1.55.